The number of nitrogens with zero attached hydrogens (tertiary/aromatic N) is 1. The molecule has 12 heavy (non-hydrogen) atoms. The predicted octanol–water partition coefficient (Wildman–Crippen LogP) is 1.93. The third kappa shape index (κ3) is 3.57. The molecule has 0 N–H and O–H groups in total. The summed E-state index contributed by atoms with van der Waals surface area (Å²) >= 11 is 0. The standard InChI is InChI=1S/C9H11NO2/c1-4-6-7-8(10-3)9(11)12-5-2/h4,6-7H,5H2,1-2H3/b6-4+,8-7-. The molecule has 0 spiro atoms. The number of rotatable bonds is 3. The van der Waals surface area contributed by atoms with Crippen LogP contribution in [0.3, 0.4) is 0 Å². The van der Waals surface area contributed by atoms with Gasteiger partial charge in [0.2, 0.25) is 0 Å². The van der Waals surface area contributed by atoms with E-state index in [-0.39, 0.29) is 5.70 Å². The Balaban J connectivity index is 4.37. The smallest absolute Gasteiger partial charge is 0.336 e. The summed E-state index contributed by atoms with van der Waals surface area (Å²) < 4.78 is 4.64. The summed E-state index contributed by atoms with van der Waals surface area (Å²) in [6.07, 6.45) is 4.81. The molecule has 0 amide bonds. The van der Waals surface area contributed by atoms with E-state index in [9.17, 15) is 4.79 Å². The van der Waals surface area contributed by atoms with Gasteiger partial charge in [-0.15, -0.1) is 0 Å². The van der Waals surface area contributed by atoms with Crippen LogP contribution in [-0.2, 0) is 9.53 Å². The summed E-state index contributed by atoms with van der Waals surface area (Å²) in [4.78, 5) is 14.0. The second-order valence-corrected chi connectivity index (χ2v) is 1.91. The van der Waals surface area contributed by atoms with Gasteiger partial charge in [-0.1, -0.05) is 12.2 Å². The van der Waals surface area contributed by atoms with E-state index in [2.05, 4.69) is 9.58 Å². The minimum absolute atomic E-state index is 0.00921. The first kappa shape index (κ1) is 10.4. The zero-order valence-electron chi connectivity index (χ0n) is 7.20. The van der Waals surface area contributed by atoms with Crippen LogP contribution in [0.1, 0.15) is 13.8 Å². The summed E-state index contributed by atoms with van der Waals surface area (Å²) in [5, 5.41) is 0. The zero-order chi connectivity index (χ0) is 9.40. The van der Waals surface area contributed by atoms with E-state index < -0.39 is 5.97 Å². The van der Waals surface area contributed by atoms with Crippen molar-refractivity contribution < 1.29 is 9.53 Å². The first-order valence-electron chi connectivity index (χ1n) is 3.63. The molecule has 0 heterocycles. The molecule has 0 aromatic heterocycles. The van der Waals surface area contributed by atoms with Crippen LogP contribution in [0.25, 0.3) is 4.85 Å². The van der Waals surface area contributed by atoms with Crippen LogP contribution in [0.2, 0.25) is 0 Å². The summed E-state index contributed by atoms with van der Waals surface area (Å²) in [7, 11) is 0. The molecule has 0 saturated heterocycles. The topological polar surface area (TPSA) is 30.7 Å². The average Bonchev–Trinajstić information content (AvgIpc) is 2.06. The van der Waals surface area contributed by atoms with Gasteiger partial charge in [0.15, 0.2) is 0 Å². The van der Waals surface area contributed by atoms with Crippen LogP contribution in [-0.4, -0.2) is 12.6 Å². The molecule has 0 aromatic carbocycles. The molecule has 0 rings (SSSR count). The third-order valence-corrected chi connectivity index (χ3v) is 1.05. The van der Waals surface area contributed by atoms with E-state index in [0.717, 1.165) is 0 Å². The fourth-order valence-electron chi connectivity index (χ4n) is 0.543. The van der Waals surface area contributed by atoms with Gasteiger partial charge < -0.3 is 4.74 Å². The van der Waals surface area contributed by atoms with Crippen LogP contribution in [0.15, 0.2) is 23.9 Å². The molecule has 0 aliphatic heterocycles. The fraction of sp³-hybridized carbons (Fsp3) is 0.333. The summed E-state index contributed by atoms with van der Waals surface area (Å²) in [6, 6.07) is 0. The Labute approximate surface area is 72.2 Å². The van der Waals surface area contributed by atoms with Crippen molar-refractivity contribution in [3.63, 3.8) is 0 Å². The van der Waals surface area contributed by atoms with Crippen molar-refractivity contribution in [2.45, 2.75) is 13.8 Å². The molecule has 0 fully saturated rings. The number of carbonyl (C=O) groups excluding carboxylic acids is 1. The maximum Gasteiger partial charge on any atom is 0.336 e. The first-order chi connectivity index (χ1) is 5.76. The number of esters is 1. The molecule has 0 bridgehead atoms. The van der Waals surface area contributed by atoms with Crippen molar-refractivity contribution in [1.29, 1.82) is 0 Å². The molecule has 64 valence electrons. The molecule has 0 atom stereocenters. The van der Waals surface area contributed by atoms with E-state index >= 15 is 0 Å². The van der Waals surface area contributed by atoms with Crippen molar-refractivity contribution >= 4 is 5.97 Å². The Morgan fingerprint density at radius 2 is 2.33 bits per heavy atom. The van der Waals surface area contributed by atoms with Gasteiger partial charge in [0, 0.05) is 0 Å². The quantitative estimate of drug-likeness (QED) is 0.277. The molecule has 0 unspecified atom stereocenters. The van der Waals surface area contributed by atoms with Crippen LogP contribution in [0, 0.1) is 6.57 Å². The molecule has 0 saturated carbocycles. The lowest BCUT2D eigenvalue weighted by Gasteiger charge is -1.97. The maximum atomic E-state index is 10.9. The van der Waals surface area contributed by atoms with Crippen LogP contribution < -0.4 is 0 Å². The number of allylic oxidation sites excluding steroid dienone is 3. The highest BCUT2D eigenvalue weighted by atomic mass is 16.5. The SMILES string of the molecule is [C-]#[N+]/C(=C\C=C\C)C(=O)OCC. The molecule has 0 aliphatic carbocycles. The van der Waals surface area contributed by atoms with Gasteiger partial charge in [-0.25, -0.2) is 4.85 Å². The monoisotopic (exact) mass is 165 g/mol. The van der Waals surface area contributed by atoms with Gasteiger partial charge in [-0.05, 0) is 19.9 Å². The van der Waals surface area contributed by atoms with E-state index in [4.69, 9.17) is 6.57 Å². The van der Waals surface area contributed by atoms with E-state index in [1.165, 1.54) is 6.08 Å². The van der Waals surface area contributed by atoms with Crippen molar-refractivity contribution in [3.05, 3.63) is 35.3 Å². The highest BCUT2D eigenvalue weighted by Crippen LogP contribution is 2.00. The van der Waals surface area contributed by atoms with Crippen LogP contribution in [0.4, 0.5) is 0 Å². The first-order valence-corrected chi connectivity index (χ1v) is 3.63. The highest BCUT2D eigenvalue weighted by Gasteiger charge is 2.07. The van der Waals surface area contributed by atoms with Crippen molar-refractivity contribution in [1.82, 2.24) is 0 Å². The van der Waals surface area contributed by atoms with Crippen LogP contribution >= 0.6 is 0 Å². The molecule has 0 aliphatic rings. The van der Waals surface area contributed by atoms with Crippen molar-refractivity contribution in [2.24, 2.45) is 0 Å². The second kappa shape index (κ2) is 6.17. The average molecular weight is 165 g/mol. The highest BCUT2D eigenvalue weighted by molar-refractivity contribution is 5.90. The van der Waals surface area contributed by atoms with Gasteiger partial charge in [0.05, 0.1) is 13.2 Å². The Kier molecular flexibility index (Phi) is 5.37. The minimum Gasteiger partial charge on any atom is -0.471 e. The second-order valence-electron chi connectivity index (χ2n) is 1.91. The van der Waals surface area contributed by atoms with E-state index in [0.29, 0.717) is 6.61 Å². The summed E-state index contributed by atoms with van der Waals surface area (Å²) in [5.74, 6) is -0.564. The Morgan fingerprint density at radius 1 is 1.67 bits per heavy atom. The Bertz CT molecular complexity index is 246. The summed E-state index contributed by atoms with van der Waals surface area (Å²) in [5.41, 5.74) is 0.00921. The maximum absolute atomic E-state index is 10.9. The number of hydrogen-bond donors (Lipinski definition) is 0. The number of ether oxygens (including phenoxy) is 1. The molecule has 0 radical (unpaired) electrons. The van der Waals surface area contributed by atoms with Crippen LogP contribution in [0.5, 0.6) is 0 Å². The lowest BCUT2D eigenvalue weighted by molar-refractivity contribution is -0.138. The fourth-order valence-corrected chi connectivity index (χ4v) is 0.543. The van der Waals surface area contributed by atoms with Gasteiger partial charge >= 0.3 is 5.97 Å². The van der Waals surface area contributed by atoms with E-state index in [1.54, 1.807) is 19.1 Å². The lowest BCUT2D eigenvalue weighted by atomic mass is 10.4. The zero-order valence-corrected chi connectivity index (χ0v) is 7.20. The largest absolute Gasteiger partial charge is 0.471 e. The molecule has 3 heteroatoms. The van der Waals surface area contributed by atoms with Gasteiger partial charge in [-0.3, -0.25) is 4.79 Å². The van der Waals surface area contributed by atoms with Crippen molar-refractivity contribution in [3.8, 4) is 0 Å². The molecule has 3 nitrogen and oxygen atoms in total. The molecular formula is C9H11NO2. The van der Waals surface area contributed by atoms with Crippen molar-refractivity contribution in [2.75, 3.05) is 6.61 Å². The molecule has 0 aromatic rings. The lowest BCUT2D eigenvalue weighted by Crippen LogP contribution is -2.04. The molecular weight excluding hydrogens is 154 g/mol. The van der Waals surface area contributed by atoms with Gasteiger partial charge in [0.25, 0.3) is 5.70 Å². The Morgan fingerprint density at radius 3 is 2.75 bits per heavy atom. The number of carbonyl (C=O) groups is 1. The normalized spacial score (nSPS) is 11.2. The number of hydrogen-bond acceptors (Lipinski definition) is 2. The van der Waals surface area contributed by atoms with Gasteiger partial charge in [0.1, 0.15) is 0 Å². The third-order valence-electron chi connectivity index (χ3n) is 1.05. The predicted molar refractivity (Wildman–Crippen MR) is 46.1 cm³/mol. The summed E-state index contributed by atoms with van der Waals surface area (Å²) in [6.45, 7) is 10.5. The Hall–Kier alpha value is -1.56. The van der Waals surface area contributed by atoms with Gasteiger partial charge in [-0.2, -0.15) is 0 Å². The van der Waals surface area contributed by atoms with E-state index in [1.807, 2.05) is 6.92 Å². The minimum atomic E-state index is -0.564.